The molecule has 0 rings (SSSR count). The van der Waals surface area contributed by atoms with Crippen LogP contribution in [0, 0.1) is 22.7 Å². The van der Waals surface area contributed by atoms with Crippen molar-refractivity contribution in [3.8, 4) is 6.07 Å². The van der Waals surface area contributed by atoms with Crippen LogP contribution in [0.15, 0.2) is 0 Å². The van der Waals surface area contributed by atoms with E-state index in [4.69, 9.17) is 5.26 Å². The fourth-order valence-corrected chi connectivity index (χ4v) is 1.02. The minimum Gasteiger partial charge on any atom is -0.198 e. The number of rotatable bonds is 3. The highest BCUT2D eigenvalue weighted by molar-refractivity contribution is 4.83. The van der Waals surface area contributed by atoms with Crippen LogP contribution in [0.3, 0.4) is 0 Å². The Morgan fingerprint density at radius 2 is 2.00 bits per heavy atom. The van der Waals surface area contributed by atoms with E-state index in [0.29, 0.717) is 5.41 Å². The van der Waals surface area contributed by atoms with Gasteiger partial charge in [-0.1, -0.05) is 27.2 Å². The Morgan fingerprint density at radius 1 is 1.50 bits per heavy atom. The summed E-state index contributed by atoms with van der Waals surface area (Å²) in [6, 6.07) is 2.26. The van der Waals surface area contributed by atoms with Crippen LogP contribution in [-0.4, -0.2) is 0 Å². The van der Waals surface area contributed by atoms with Crippen molar-refractivity contribution in [1.29, 1.82) is 5.26 Å². The molecule has 0 radical (unpaired) electrons. The fraction of sp³-hybridized carbons (Fsp3) is 0.889. The second kappa shape index (κ2) is 3.61. The van der Waals surface area contributed by atoms with Gasteiger partial charge in [0, 0.05) is 5.92 Å². The van der Waals surface area contributed by atoms with Crippen molar-refractivity contribution in [2.75, 3.05) is 0 Å². The molecule has 1 atom stereocenters. The molecule has 10 heavy (non-hydrogen) atoms. The largest absolute Gasteiger partial charge is 0.198 e. The Bertz CT molecular complexity index is 130. The number of nitrogens with zero attached hydrogens (tertiary/aromatic N) is 1. The molecule has 1 nitrogen and oxygen atoms in total. The summed E-state index contributed by atoms with van der Waals surface area (Å²) in [6.45, 7) is 8.57. The molecular weight excluding hydrogens is 122 g/mol. The normalized spacial score (nSPS) is 14.3. The third-order valence-electron chi connectivity index (χ3n) is 2.04. The molecule has 0 bridgehead atoms. The number of nitriles is 1. The molecule has 0 aliphatic rings. The first-order valence-electron chi connectivity index (χ1n) is 3.91. The summed E-state index contributed by atoms with van der Waals surface area (Å²) >= 11 is 0. The molecule has 0 heterocycles. The van der Waals surface area contributed by atoms with E-state index >= 15 is 0 Å². The van der Waals surface area contributed by atoms with Gasteiger partial charge in [-0.25, -0.2) is 0 Å². The summed E-state index contributed by atoms with van der Waals surface area (Å²) in [5.41, 5.74) is 0.342. The lowest BCUT2D eigenvalue weighted by Gasteiger charge is -2.23. The number of hydrogen-bond donors (Lipinski definition) is 0. The Hall–Kier alpha value is -0.510. The molecule has 0 saturated carbocycles. The molecule has 0 saturated heterocycles. The average molecular weight is 139 g/mol. The maximum Gasteiger partial charge on any atom is 0.0653 e. The van der Waals surface area contributed by atoms with Crippen LogP contribution in [0.1, 0.15) is 40.5 Å². The molecule has 0 amide bonds. The van der Waals surface area contributed by atoms with Crippen molar-refractivity contribution in [3.05, 3.63) is 0 Å². The van der Waals surface area contributed by atoms with Gasteiger partial charge in [0.25, 0.3) is 0 Å². The zero-order valence-corrected chi connectivity index (χ0v) is 7.44. The van der Waals surface area contributed by atoms with Crippen molar-refractivity contribution < 1.29 is 0 Å². The van der Waals surface area contributed by atoms with Crippen molar-refractivity contribution in [2.24, 2.45) is 11.3 Å². The highest BCUT2D eigenvalue weighted by atomic mass is 14.3. The maximum atomic E-state index is 8.54. The van der Waals surface area contributed by atoms with E-state index in [1.165, 1.54) is 0 Å². The van der Waals surface area contributed by atoms with Crippen LogP contribution in [0.2, 0.25) is 0 Å². The first-order chi connectivity index (χ1) is 4.52. The van der Waals surface area contributed by atoms with Gasteiger partial charge < -0.3 is 0 Å². The maximum absolute atomic E-state index is 8.54. The Kier molecular flexibility index (Phi) is 3.42. The van der Waals surface area contributed by atoms with E-state index in [0.717, 1.165) is 12.8 Å². The van der Waals surface area contributed by atoms with Gasteiger partial charge >= 0.3 is 0 Å². The molecule has 1 unspecified atom stereocenters. The van der Waals surface area contributed by atoms with Gasteiger partial charge in [-0.15, -0.1) is 0 Å². The van der Waals surface area contributed by atoms with Gasteiger partial charge in [0.1, 0.15) is 0 Å². The summed E-state index contributed by atoms with van der Waals surface area (Å²) in [6.07, 6.45) is 2.17. The molecule has 58 valence electrons. The Morgan fingerprint density at radius 3 is 2.30 bits per heavy atom. The summed E-state index contributed by atoms with van der Waals surface area (Å²) in [7, 11) is 0. The van der Waals surface area contributed by atoms with Crippen molar-refractivity contribution >= 4 is 0 Å². The van der Waals surface area contributed by atoms with E-state index in [9.17, 15) is 0 Å². The predicted molar refractivity (Wildman–Crippen MR) is 43.5 cm³/mol. The summed E-state index contributed by atoms with van der Waals surface area (Å²) in [5, 5.41) is 8.54. The minimum absolute atomic E-state index is 0.204. The van der Waals surface area contributed by atoms with Crippen LogP contribution in [0.25, 0.3) is 0 Å². The van der Waals surface area contributed by atoms with Gasteiger partial charge in [-0.3, -0.25) is 0 Å². The van der Waals surface area contributed by atoms with Crippen LogP contribution < -0.4 is 0 Å². The minimum atomic E-state index is 0.204. The molecule has 0 aromatic rings. The van der Waals surface area contributed by atoms with Gasteiger partial charge in [0.15, 0.2) is 0 Å². The third-order valence-corrected chi connectivity index (χ3v) is 2.04. The smallest absolute Gasteiger partial charge is 0.0653 e. The first kappa shape index (κ1) is 9.49. The SMILES string of the molecule is CCC(C)(C)CC(C)C#N. The van der Waals surface area contributed by atoms with Crippen molar-refractivity contribution in [1.82, 2.24) is 0 Å². The lowest BCUT2D eigenvalue weighted by Crippen LogP contribution is -2.13. The molecule has 0 spiro atoms. The average Bonchev–Trinajstić information content (AvgIpc) is 1.87. The second-order valence-corrected chi connectivity index (χ2v) is 3.75. The zero-order valence-electron chi connectivity index (χ0n) is 7.44. The molecular formula is C9H17N. The van der Waals surface area contributed by atoms with E-state index in [-0.39, 0.29) is 5.92 Å². The van der Waals surface area contributed by atoms with Crippen LogP contribution in [0.5, 0.6) is 0 Å². The molecule has 0 aliphatic carbocycles. The van der Waals surface area contributed by atoms with Gasteiger partial charge in [0.2, 0.25) is 0 Å². The number of hydrogen-bond acceptors (Lipinski definition) is 1. The van der Waals surface area contributed by atoms with E-state index in [2.05, 4.69) is 26.8 Å². The fourth-order valence-electron chi connectivity index (χ4n) is 1.02. The Labute approximate surface area is 64.1 Å². The highest BCUT2D eigenvalue weighted by Crippen LogP contribution is 2.28. The second-order valence-electron chi connectivity index (χ2n) is 3.75. The molecule has 0 aliphatic heterocycles. The van der Waals surface area contributed by atoms with Crippen molar-refractivity contribution in [2.45, 2.75) is 40.5 Å². The van der Waals surface area contributed by atoms with E-state index < -0.39 is 0 Å². The third kappa shape index (κ3) is 3.50. The summed E-state index contributed by atoms with van der Waals surface area (Å²) in [4.78, 5) is 0. The van der Waals surface area contributed by atoms with Crippen LogP contribution in [0.4, 0.5) is 0 Å². The lowest BCUT2D eigenvalue weighted by molar-refractivity contribution is 0.292. The van der Waals surface area contributed by atoms with Gasteiger partial charge in [-0.2, -0.15) is 5.26 Å². The zero-order chi connectivity index (χ0) is 8.20. The van der Waals surface area contributed by atoms with Crippen molar-refractivity contribution in [3.63, 3.8) is 0 Å². The monoisotopic (exact) mass is 139 g/mol. The lowest BCUT2D eigenvalue weighted by atomic mass is 9.82. The summed E-state index contributed by atoms with van der Waals surface area (Å²) in [5.74, 6) is 0.204. The first-order valence-corrected chi connectivity index (χ1v) is 3.91. The van der Waals surface area contributed by atoms with E-state index in [1.807, 2.05) is 6.92 Å². The molecule has 0 aromatic heterocycles. The van der Waals surface area contributed by atoms with Gasteiger partial charge in [0.05, 0.1) is 6.07 Å². The van der Waals surface area contributed by atoms with Crippen LogP contribution >= 0.6 is 0 Å². The quantitative estimate of drug-likeness (QED) is 0.589. The summed E-state index contributed by atoms with van der Waals surface area (Å²) < 4.78 is 0. The standard InChI is InChI=1S/C9H17N/c1-5-9(3,4)6-8(2)7-10/h8H,5-6H2,1-4H3. The van der Waals surface area contributed by atoms with Crippen LogP contribution in [-0.2, 0) is 0 Å². The highest BCUT2D eigenvalue weighted by Gasteiger charge is 2.17. The molecule has 0 N–H and O–H groups in total. The molecule has 0 aromatic carbocycles. The van der Waals surface area contributed by atoms with Gasteiger partial charge in [-0.05, 0) is 18.8 Å². The predicted octanol–water partition coefficient (Wildman–Crippen LogP) is 2.97. The molecule has 1 heteroatoms. The molecule has 0 fully saturated rings. The topological polar surface area (TPSA) is 23.8 Å². The van der Waals surface area contributed by atoms with E-state index in [1.54, 1.807) is 0 Å². The Balaban J connectivity index is 3.79.